The van der Waals surface area contributed by atoms with Crippen LogP contribution < -0.4 is 5.73 Å². The molecule has 2 rings (SSSR count). The fraction of sp³-hybridized carbons (Fsp3) is 0.333. The number of nitrogens with two attached hydrogens (primary N) is 1. The van der Waals surface area contributed by atoms with Crippen molar-refractivity contribution in [3.63, 3.8) is 0 Å². The first-order valence-corrected chi connectivity index (χ1v) is 4.48. The number of aliphatic carboxylic acids is 1. The van der Waals surface area contributed by atoms with E-state index in [4.69, 9.17) is 10.8 Å². The molecule has 15 heavy (non-hydrogen) atoms. The fourth-order valence-corrected chi connectivity index (χ4v) is 1.71. The predicted octanol–water partition coefficient (Wildman–Crippen LogP) is -0.185. The van der Waals surface area contributed by atoms with Crippen LogP contribution in [0.15, 0.2) is 0 Å². The highest BCUT2D eigenvalue weighted by Gasteiger charge is 2.26. The number of carboxylic acid groups (broad SMARTS) is 1. The lowest BCUT2D eigenvalue weighted by Crippen LogP contribution is -2.12. The van der Waals surface area contributed by atoms with Gasteiger partial charge in [0, 0.05) is 6.42 Å². The molecule has 0 spiro atoms. The van der Waals surface area contributed by atoms with E-state index in [2.05, 4.69) is 9.97 Å². The minimum Gasteiger partial charge on any atom is -0.481 e. The molecular formula is C9H9N3O3. The van der Waals surface area contributed by atoms with Crippen molar-refractivity contribution in [2.45, 2.75) is 19.3 Å². The summed E-state index contributed by atoms with van der Waals surface area (Å²) in [6.07, 6.45) is 0.592. The monoisotopic (exact) mass is 207 g/mol. The number of fused-ring (bicyclic) bond motifs is 1. The number of aryl methyl sites for hydroxylation is 1. The zero-order valence-electron chi connectivity index (χ0n) is 7.86. The van der Waals surface area contributed by atoms with Crippen LogP contribution in [0.5, 0.6) is 0 Å². The molecular weight excluding hydrogens is 198 g/mol. The molecule has 0 fully saturated rings. The summed E-state index contributed by atoms with van der Waals surface area (Å²) in [6, 6.07) is 0. The van der Waals surface area contributed by atoms with Gasteiger partial charge in [0.2, 0.25) is 5.95 Å². The number of hydrogen-bond acceptors (Lipinski definition) is 5. The Labute approximate surface area is 85.1 Å². The van der Waals surface area contributed by atoms with Gasteiger partial charge in [-0.2, -0.15) is 0 Å². The van der Waals surface area contributed by atoms with E-state index in [0.717, 1.165) is 0 Å². The van der Waals surface area contributed by atoms with E-state index in [0.29, 0.717) is 24.1 Å². The Hall–Kier alpha value is -1.98. The number of nitrogens with zero attached hydrogens (tertiary/aromatic N) is 2. The van der Waals surface area contributed by atoms with Crippen molar-refractivity contribution in [2.24, 2.45) is 0 Å². The smallest absolute Gasteiger partial charge is 0.309 e. The van der Waals surface area contributed by atoms with Gasteiger partial charge in [0.15, 0.2) is 5.78 Å². The second-order valence-corrected chi connectivity index (χ2v) is 3.34. The maximum absolute atomic E-state index is 11.5. The van der Waals surface area contributed by atoms with E-state index in [-0.39, 0.29) is 23.8 Å². The van der Waals surface area contributed by atoms with Crippen LogP contribution in [0.2, 0.25) is 0 Å². The number of anilines is 1. The molecule has 0 unspecified atom stereocenters. The van der Waals surface area contributed by atoms with E-state index < -0.39 is 5.97 Å². The molecule has 78 valence electrons. The molecule has 1 aliphatic carbocycles. The van der Waals surface area contributed by atoms with Crippen LogP contribution in [-0.4, -0.2) is 26.8 Å². The highest BCUT2D eigenvalue weighted by molar-refractivity contribution is 6.01. The lowest BCUT2D eigenvalue weighted by atomic mass is 10.1. The van der Waals surface area contributed by atoms with Crippen LogP contribution in [-0.2, 0) is 17.6 Å². The van der Waals surface area contributed by atoms with Crippen molar-refractivity contribution in [1.29, 1.82) is 0 Å². The number of rotatable bonds is 2. The SMILES string of the molecule is Nc1nc2c(c(CC(=O)O)n1)C(=O)CC2. The summed E-state index contributed by atoms with van der Waals surface area (Å²) >= 11 is 0. The highest BCUT2D eigenvalue weighted by atomic mass is 16.4. The molecule has 0 amide bonds. The Morgan fingerprint density at radius 2 is 2.13 bits per heavy atom. The van der Waals surface area contributed by atoms with Crippen LogP contribution >= 0.6 is 0 Å². The highest BCUT2D eigenvalue weighted by Crippen LogP contribution is 2.23. The second kappa shape index (κ2) is 3.30. The Morgan fingerprint density at radius 1 is 1.40 bits per heavy atom. The van der Waals surface area contributed by atoms with Crippen LogP contribution in [0.3, 0.4) is 0 Å². The van der Waals surface area contributed by atoms with Gasteiger partial charge in [0.25, 0.3) is 0 Å². The summed E-state index contributed by atoms with van der Waals surface area (Å²) in [5, 5.41) is 8.66. The lowest BCUT2D eigenvalue weighted by Gasteiger charge is -2.04. The number of nitrogen functional groups attached to an aromatic ring is 1. The van der Waals surface area contributed by atoms with E-state index >= 15 is 0 Å². The Bertz CT molecular complexity index is 456. The average molecular weight is 207 g/mol. The van der Waals surface area contributed by atoms with Gasteiger partial charge in [-0.1, -0.05) is 0 Å². The Morgan fingerprint density at radius 3 is 2.80 bits per heavy atom. The normalized spacial score (nSPS) is 14.0. The molecule has 6 nitrogen and oxygen atoms in total. The molecule has 0 bridgehead atoms. The molecule has 0 radical (unpaired) electrons. The fourth-order valence-electron chi connectivity index (χ4n) is 1.71. The van der Waals surface area contributed by atoms with Gasteiger partial charge in [0.05, 0.1) is 23.4 Å². The topological polar surface area (TPSA) is 106 Å². The van der Waals surface area contributed by atoms with Crippen LogP contribution in [0.4, 0.5) is 5.95 Å². The van der Waals surface area contributed by atoms with Gasteiger partial charge >= 0.3 is 5.97 Å². The summed E-state index contributed by atoms with van der Waals surface area (Å²) < 4.78 is 0. The van der Waals surface area contributed by atoms with Gasteiger partial charge in [-0.15, -0.1) is 0 Å². The first-order chi connectivity index (χ1) is 7.08. The van der Waals surface area contributed by atoms with Gasteiger partial charge in [0.1, 0.15) is 0 Å². The number of Topliss-reactive ketones (excluding diaryl/α,β-unsaturated/α-hetero) is 1. The molecule has 0 saturated heterocycles. The molecule has 1 aromatic rings. The van der Waals surface area contributed by atoms with Crippen molar-refractivity contribution in [3.8, 4) is 0 Å². The van der Waals surface area contributed by atoms with Crippen molar-refractivity contribution in [2.75, 3.05) is 5.73 Å². The maximum atomic E-state index is 11.5. The molecule has 0 atom stereocenters. The quantitative estimate of drug-likeness (QED) is 0.696. The van der Waals surface area contributed by atoms with E-state index in [1.165, 1.54) is 0 Å². The molecule has 1 aliphatic rings. The van der Waals surface area contributed by atoms with Gasteiger partial charge < -0.3 is 10.8 Å². The number of aromatic nitrogens is 2. The van der Waals surface area contributed by atoms with E-state index in [1.807, 2.05) is 0 Å². The lowest BCUT2D eigenvalue weighted by molar-refractivity contribution is -0.136. The first kappa shape index (κ1) is 9.57. The number of ketones is 1. The van der Waals surface area contributed by atoms with Crippen molar-refractivity contribution in [1.82, 2.24) is 9.97 Å². The van der Waals surface area contributed by atoms with Gasteiger partial charge in [-0.3, -0.25) is 9.59 Å². The summed E-state index contributed by atoms with van der Waals surface area (Å²) in [5.41, 5.74) is 6.58. The van der Waals surface area contributed by atoms with Crippen molar-refractivity contribution in [3.05, 3.63) is 17.0 Å². The molecule has 0 aromatic carbocycles. The molecule has 0 aliphatic heterocycles. The zero-order chi connectivity index (χ0) is 11.0. The number of carbonyl (C=O) groups is 2. The minimum atomic E-state index is -1.03. The largest absolute Gasteiger partial charge is 0.481 e. The molecule has 1 aromatic heterocycles. The van der Waals surface area contributed by atoms with E-state index in [9.17, 15) is 9.59 Å². The zero-order valence-corrected chi connectivity index (χ0v) is 7.86. The standard InChI is InChI=1S/C9H9N3O3/c10-9-11-4-1-2-6(13)8(4)5(12-9)3-7(14)15/h1-3H2,(H,14,15)(H2,10,11,12). The Balaban J connectivity index is 2.53. The average Bonchev–Trinajstić information content (AvgIpc) is 2.46. The van der Waals surface area contributed by atoms with Crippen LogP contribution in [0.25, 0.3) is 0 Å². The van der Waals surface area contributed by atoms with E-state index in [1.54, 1.807) is 0 Å². The molecule has 3 N–H and O–H groups in total. The summed E-state index contributed by atoms with van der Waals surface area (Å²) in [4.78, 5) is 29.8. The minimum absolute atomic E-state index is 0.0275. The summed E-state index contributed by atoms with van der Waals surface area (Å²) in [7, 11) is 0. The molecule has 6 heteroatoms. The van der Waals surface area contributed by atoms with Gasteiger partial charge in [-0.05, 0) is 6.42 Å². The van der Waals surface area contributed by atoms with Crippen molar-refractivity contribution >= 4 is 17.7 Å². The second-order valence-electron chi connectivity index (χ2n) is 3.34. The third kappa shape index (κ3) is 1.65. The van der Waals surface area contributed by atoms with Crippen LogP contribution in [0.1, 0.15) is 28.2 Å². The molecule has 0 saturated carbocycles. The predicted molar refractivity (Wildman–Crippen MR) is 50.4 cm³/mol. The number of carboxylic acids is 1. The first-order valence-electron chi connectivity index (χ1n) is 4.48. The Kier molecular flexibility index (Phi) is 2.11. The number of carbonyl (C=O) groups excluding carboxylic acids is 1. The maximum Gasteiger partial charge on any atom is 0.309 e. The van der Waals surface area contributed by atoms with Crippen LogP contribution in [0, 0.1) is 0 Å². The van der Waals surface area contributed by atoms with Gasteiger partial charge in [-0.25, -0.2) is 9.97 Å². The molecule has 1 heterocycles. The third-order valence-electron chi connectivity index (χ3n) is 2.26. The summed E-state index contributed by atoms with van der Waals surface area (Å²) in [5.74, 6) is -1.10. The summed E-state index contributed by atoms with van der Waals surface area (Å²) in [6.45, 7) is 0. The third-order valence-corrected chi connectivity index (χ3v) is 2.26. The van der Waals surface area contributed by atoms with Crippen molar-refractivity contribution < 1.29 is 14.7 Å². The number of hydrogen-bond donors (Lipinski definition) is 2.